The lowest BCUT2D eigenvalue weighted by Gasteiger charge is -2.31. The van der Waals surface area contributed by atoms with Crippen molar-refractivity contribution in [3.8, 4) is 0 Å². The number of anilines is 2. The fourth-order valence-corrected chi connectivity index (χ4v) is 3.37. The van der Waals surface area contributed by atoms with Gasteiger partial charge in [-0.25, -0.2) is 4.39 Å². The van der Waals surface area contributed by atoms with E-state index in [0.717, 1.165) is 24.5 Å². The number of hydrogen-bond donors (Lipinski definition) is 1. The Balaban J connectivity index is 1.94. The van der Waals surface area contributed by atoms with Crippen LogP contribution in [0, 0.1) is 11.2 Å². The lowest BCUT2D eigenvalue weighted by molar-refractivity contribution is 0.330. The Kier molecular flexibility index (Phi) is 2.49. The molecule has 1 aromatic carbocycles. The quantitative estimate of drug-likeness (QED) is 0.741. The van der Waals surface area contributed by atoms with Gasteiger partial charge in [0.1, 0.15) is 5.82 Å². The van der Waals surface area contributed by atoms with Crippen LogP contribution in [0.3, 0.4) is 0 Å². The van der Waals surface area contributed by atoms with Gasteiger partial charge in [-0.15, -0.1) is 0 Å². The van der Waals surface area contributed by atoms with Crippen LogP contribution in [-0.4, -0.2) is 20.1 Å². The van der Waals surface area contributed by atoms with Crippen molar-refractivity contribution < 1.29 is 4.39 Å². The van der Waals surface area contributed by atoms with Gasteiger partial charge in [0.2, 0.25) is 0 Å². The highest BCUT2D eigenvalue weighted by molar-refractivity contribution is 5.71. The minimum atomic E-state index is -0.160. The highest BCUT2D eigenvalue weighted by Crippen LogP contribution is 2.42. The first kappa shape index (κ1) is 10.9. The van der Waals surface area contributed by atoms with E-state index in [-0.39, 0.29) is 5.82 Å². The summed E-state index contributed by atoms with van der Waals surface area (Å²) in [7, 11) is 2.11. The van der Waals surface area contributed by atoms with Crippen molar-refractivity contribution in [1.82, 2.24) is 0 Å². The summed E-state index contributed by atoms with van der Waals surface area (Å²) in [6.07, 6.45) is 5.25. The minimum Gasteiger partial charge on any atom is -0.383 e. The SMILES string of the molecule is CN1CC2(CCCC2)CNc2cc(F)ccc21. The van der Waals surface area contributed by atoms with Gasteiger partial charge >= 0.3 is 0 Å². The number of nitrogens with zero attached hydrogens (tertiary/aromatic N) is 1. The predicted molar refractivity (Wildman–Crippen MR) is 69.1 cm³/mol. The molecule has 0 aromatic heterocycles. The summed E-state index contributed by atoms with van der Waals surface area (Å²) < 4.78 is 13.3. The number of fused-ring (bicyclic) bond motifs is 1. The van der Waals surface area contributed by atoms with Crippen molar-refractivity contribution in [2.75, 3.05) is 30.4 Å². The monoisotopic (exact) mass is 234 g/mol. The number of benzene rings is 1. The third-order valence-corrected chi connectivity index (χ3v) is 4.26. The summed E-state index contributed by atoms with van der Waals surface area (Å²) in [4.78, 5) is 2.28. The van der Waals surface area contributed by atoms with Gasteiger partial charge in [-0.1, -0.05) is 12.8 Å². The maximum atomic E-state index is 13.3. The summed E-state index contributed by atoms with van der Waals surface area (Å²) in [5.74, 6) is -0.160. The van der Waals surface area contributed by atoms with Crippen LogP contribution < -0.4 is 10.2 Å². The molecule has 1 N–H and O–H groups in total. The molecule has 3 rings (SSSR count). The predicted octanol–water partition coefficient (Wildman–Crippen LogP) is 3.25. The van der Waals surface area contributed by atoms with E-state index in [4.69, 9.17) is 0 Å². The van der Waals surface area contributed by atoms with Gasteiger partial charge in [-0.05, 0) is 31.0 Å². The average molecular weight is 234 g/mol. The van der Waals surface area contributed by atoms with Gasteiger partial charge in [0.25, 0.3) is 0 Å². The van der Waals surface area contributed by atoms with Gasteiger partial charge in [0, 0.05) is 25.6 Å². The number of hydrogen-bond acceptors (Lipinski definition) is 2. The Hall–Kier alpha value is -1.25. The van der Waals surface area contributed by atoms with Crippen LogP contribution >= 0.6 is 0 Å². The normalized spacial score (nSPS) is 22.1. The molecule has 1 aliphatic heterocycles. The molecule has 0 bridgehead atoms. The molecule has 2 aliphatic rings. The number of halogens is 1. The molecule has 0 atom stereocenters. The van der Waals surface area contributed by atoms with Crippen LogP contribution in [-0.2, 0) is 0 Å². The van der Waals surface area contributed by atoms with Gasteiger partial charge in [-0.3, -0.25) is 0 Å². The van der Waals surface area contributed by atoms with Gasteiger partial charge in [-0.2, -0.15) is 0 Å². The van der Waals surface area contributed by atoms with E-state index in [9.17, 15) is 4.39 Å². The molecule has 2 nitrogen and oxygen atoms in total. The Labute approximate surface area is 102 Å². The molecule has 1 spiro atoms. The minimum absolute atomic E-state index is 0.160. The van der Waals surface area contributed by atoms with E-state index >= 15 is 0 Å². The molecule has 0 radical (unpaired) electrons. The zero-order chi connectivity index (χ0) is 11.9. The fraction of sp³-hybridized carbons (Fsp3) is 0.571. The van der Waals surface area contributed by atoms with E-state index in [1.807, 2.05) is 6.07 Å². The van der Waals surface area contributed by atoms with Crippen molar-refractivity contribution in [2.45, 2.75) is 25.7 Å². The average Bonchev–Trinajstić information content (AvgIpc) is 2.70. The standard InChI is InChI=1S/C14H19FN2/c1-17-10-14(6-2-3-7-14)9-16-12-8-11(15)4-5-13(12)17/h4-5,8,16H,2-3,6-7,9-10H2,1H3. The molecule has 17 heavy (non-hydrogen) atoms. The zero-order valence-electron chi connectivity index (χ0n) is 10.3. The summed E-state index contributed by atoms with van der Waals surface area (Å²) in [6, 6.07) is 5.04. The lowest BCUT2D eigenvalue weighted by Crippen LogP contribution is -2.36. The maximum Gasteiger partial charge on any atom is 0.125 e. The Morgan fingerprint density at radius 1 is 1.29 bits per heavy atom. The molecule has 0 saturated heterocycles. The van der Waals surface area contributed by atoms with Gasteiger partial charge in [0.15, 0.2) is 0 Å². The van der Waals surface area contributed by atoms with Crippen LogP contribution in [0.25, 0.3) is 0 Å². The van der Waals surface area contributed by atoms with Crippen LogP contribution in [0.5, 0.6) is 0 Å². The van der Waals surface area contributed by atoms with Crippen LogP contribution in [0.2, 0.25) is 0 Å². The first-order valence-electron chi connectivity index (χ1n) is 6.43. The molecule has 1 fully saturated rings. The summed E-state index contributed by atoms with van der Waals surface area (Å²) in [5.41, 5.74) is 2.45. The number of rotatable bonds is 0. The first-order chi connectivity index (χ1) is 8.19. The molecule has 92 valence electrons. The van der Waals surface area contributed by atoms with Crippen molar-refractivity contribution in [2.24, 2.45) is 5.41 Å². The first-order valence-corrected chi connectivity index (χ1v) is 6.43. The van der Waals surface area contributed by atoms with E-state index < -0.39 is 0 Å². The third kappa shape index (κ3) is 1.88. The van der Waals surface area contributed by atoms with Crippen molar-refractivity contribution in [3.63, 3.8) is 0 Å². The second-order valence-electron chi connectivity index (χ2n) is 5.58. The topological polar surface area (TPSA) is 15.3 Å². The smallest absolute Gasteiger partial charge is 0.125 e. The Morgan fingerprint density at radius 3 is 2.82 bits per heavy atom. The zero-order valence-corrected chi connectivity index (χ0v) is 10.3. The van der Waals surface area contributed by atoms with E-state index in [2.05, 4.69) is 17.3 Å². The van der Waals surface area contributed by atoms with Gasteiger partial charge < -0.3 is 10.2 Å². The highest BCUT2D eigenvalue weighted by atomic mass is 19.1. The summed E-state index contributed by atoms with van der Waals surface area (Å²) in [5, 5.41) is 3.45. The molecular formula is C14H19FN2. The molecule has 0 amide bonds. The van der Waals surface area contributed by atoms with Crippen LogP contribution in [0.15, 0.2) is 18.2 Å². The molecule has 1 aliphatic carbocycles. The Bertz CT molecular complexity index is 424. The van der Waals surface area contributed by atoms with E-state index in [0.29, 0.717) is 5.41 Å². The van der Waals surface area contributed by atoms with Crippen LogP contribution in [0.4, 0.5) is 15.8 Å². The lowest BCUT2D eigenvalue weighted by atomic mass is 9.86. The second-order valence-corrected chi connectivity index (χ2v) is 5.58. The molecular weight excluding hydrogens is 215 g/mol. The summed E-state index contributed by atoms with van der Waals surface area (Å²) in [6.45, 7) is 2.06. The second kappa shape index (κ2) is 3.90. The summed E-state index contributed by atoms with van der Waals surface area (Å²) >= 11 is 0. The van der Waals surface area contributed by atoms with Crippen LogP contribution in [0.1, 0.15) is 25.7 Å². The third-order valence-electron chi connectivity index (χ3n) is 4.26. The maximum absolute atomic E-state index is 13.3. The van der Waals surface area contributed by atoms with Crippen molar-refractivity contribution >= 4 is 11.4 Å². The van der Waals surface area contributed by atoms with E-state index in [1.165, 1.54) is 25.7 Å². The van der Waals surface area contributed by atoms with E-state index in [1.54, 1.807) is 12.1 Å². The Morgan fingerprint density at radius 2 is 2.06 bits per heavy atom. The molecule has 1 heterocycles. The molecule has 3 heteroatoms. The highest BCUT2D eigenvalue weighted by Gasteiger charge is 2.37. The molecule has 0 unspecified atom stereocenters. The largest absolute Gasteiger partial charge is 0.383 e. The molecule has 1 saturated carbocycles. The molecule has 1 aromatic rings. The van der Waals surface area contributed by atoms with Gasteiger partial charge in [0.05, 0.1) is 11.4 Å². The number of nitrogens with one attached hydrogen (secondary N) is 1. The van der Waals surface area contributed by atoms with Crippen molar-refractivity contribution in [3.05, 3.63) is 24.0 Å². The fourth-order valence-electron chi connectivity index (χ4n) is 3.37. The van der Waals surface area contributed by atoms with Crippen molar-refractivity contribution in [1.29, 1.82) is 0 Å².